The van der Waals surface area contributed by atoms with Gasteiger partial charge in [-0.25, -0.2) is 4.98 Å². The van der Waals surface area contributed by atoms with Gasteiger partial charge in [-0.05, 0) is 44.6 Å². The van der Waals surface area contributed by atoms with E-state index in [-0.39, 0.29) is 0 Å². The number of para-hydroxylation sites is 1. The lowest BCUT2D eigenvalue weighted by atomic mass is 9.94. The summed E-state index contributed by atoms with van der Waals surface area (Å²) in [6, 6.07) is 6.55. The zero-order valence-electron chi connectivity index (χ0n) is 12.7. The van der Waals surface area contributed by atoms with Gasteiger partial charge in [-0.15, -0.1) is 0 Å². The van der Waals surface area contributed by atoms with Gasteiger partial charge in [0.25, 0.3) is 0 Å². The number of imidazole rings is 1. The summed E-state index contributed by atoms with van der Waals surface area (Å²) in [5.74, 6) is 1.45. The fourth-order valence-electron chi connectivity index (χ4n) is 3.33. The van der Waals surface area contributed by atoms with E-state index in [1.807, 2.05) is 30.8 Å². The van der Waals surface area contributed by atoms with Gasteiger partial charge in [-0.2, -0.15) is 11.8 Å². The molecule has 1 aromatic heterocycles. The first kappa shape index (κ1) is 14.6. The molecule has 1 saturated carbocycles. The number of hydrogen-bond acceptors (Lipinski definition) is 4. The van der Waals surface area contributed by atoms with Crippen LogP contribution in [0.15, 0.2) is 18.2 Å². The van der Waals surface area contributed by atoms with Crippen LogP contribution in [0.2, 0.25) is 0 Å². The van der Waals surface area contributed by atoms with Crippen LogP contribution in [-0.2, 0) is 0 Å². The van der Waals surface area contributed by atoms with Gasteiger partial charge >= 0.3 is 0 Å². The van der Waals surface area contributed by atoms with Crippen LogP contribution < -0.4 is 10.5 Å². The highest BCUT2D eigenvalue weighted by atomic mass is 32.2. The molecule has 0 aliphatic heterocycles. The Morgan fingerprint density at radius 3 is 3.05 bits per heavy atom. The lowest BCUT2D eigenvalue weighted by Gasteiger charge is -2.29. The summed E-state index contributed by atoms with van der Waals surface area (Å²) in [6.07, 6.45) is 7.14. The van der Waals surface area contributed by atoms with Crippen molar-refractivity contribution >= 4 is 28.7 Å². The predicted octanol–water partition coefficient (Wildman–Crippen LogP) is 3.86. The molecule has 21 heavy (non-hydrogen) atoms. The van der Waals surface area contributed by atoms with Crippen molar-refractivity contribution in [3.05, 3.63) is 18.2 Å². The maximum Gasteiger partial charge on any atom is 0.201 e. The average Bonchev–Trinajstić information content (AvgIpc) is 2.85. The highest BCUT2D eigenvalue weighted by molar-refractivity contribution is 7.99. The molecule has 3 rings (SSSR count). The van der Waals surface area contributed by atoms with E-state index in [1.54, 1.807) is 0 Å². The molecule has 2 unspecified atom stereocenters. The molecule has 2 N–H and O–H groups in total. The van der Waals surface area contributed by atoms with Crippen LogP contribution in [0.5, 0.6) is 5.75 Å². The summed E-state index contributed by atoms with van der Waals surface area (Å²) in [4.78, 5) is 4.57. The molecule has 0 amide bonds. The molecular weight excluding hydrogens is 282 g/mol. The SMILES string of the molecule is CCOc1cccc2c1nc(N)n2C1CCCC(SC)C1. The van der Waals surface area contributed by atoms with Crippen molar-refractivity contribution in [3.63, 3.8) is 0 Å². The Morgan fingerprint density at radius 2 is 2.29 bits per heavy atom. The standard InChI is InChI=1S/C16H23N3OS/c1-3-20-14-9-5-8-13-15(14)18-16(17)19(13)11-6-4-7-12(10-11)21-2/h5,8-9,11-12H,3-4,6-7,10H2,1-2H3,(H2,17,18). The first-order chi connectivity index (χ1) is 10.2. The second-order valence-electron chi connectivity index (χ2n) is 5.58. The van der Waals surface area contributed by atoms with Crippen molar-refractivity contribution < 1.29 is 4.74 Å². The third kappa shape index (κ3) is 2.71. The first-order valence-corrected chi connectivity index (χ1v) is 8.95. The Balaban J connectivity index is 2.02. The highest BCUT2D eigenvalue weighted by Gasteiger charge is 2.26. The maximum atomic E-state index is 6.23. The van der Waals surface area contributed by atoms with E-state index in [2.05, 4.69) is 21.9 Å². The Morgan fingerprint density at radius 1 is 1.43 bits per heavy atom. The topological polar surface area (TPSA) is 53.1 Å². The third-order valence-corrected chi connectivity index (χ3v) is 5.40. The molecule has 114 valence electrons. The summed E-state index contributed by atoms with van der Waals surface area (Å²) >= 11 is 1.97. The minimum Gasteiger partial charge on any atom is -0.492 e. The van der Waals surface area contributed by atoms with Gasteiger partial charge in [-0.1, -0.05) is 12.5 Å². The molecule has 4 nitrogen and oxygen atoms in total. The number of nitrogen functional groups attached to an aromatic ring is 1. The third-order valence-electron chi connectivity index (χ3n) is 4.31. The Hall–Kier alpha value is -1.36. The fourth-order valence-corrected chi connectivity index (χ4v) is 4.15. The van der Waals surface area contributed by atoms with Gasteiger partial charge in [0.2, 0.25) is 5.95 Å². The van der Waals surface area contributed by atoms with Gasteiger partial charge in [-0.3, -0.25) is 0 Å². The van der Waals surface area contributed by atoms with E-state index in [0.717, 1.165) is 22.0 Å². The highest BCUT2D eigenvalue weighted by Crippen LogP contribution is 2.38. The number of fused-ring (bicyclic) bond motifs is 1. The van der Waals surface area contributed by atoms with E-state index >= 15 is 0 Å². The number of benzene rings is 1. The molecule has 1 heterocycles. The van der Waals surface area contributed by atoms with Crippen LogP contribution in [0, 0.1) is 0 Å². The van der Waals surface area contributed by atoms with Crippen molar-refractivity contribution in [3.8, 4) is 5.75 Å². The zero-order chi connectivity index (χ0) is 14.8. The van der Waals surface area contributed by atoms with Crippen molar-refractivity contribution in [1.29, 1.82) is 0 Å². The number of rotatable bonds is 4. The number of ether oxygens (including phenoxy) is 1. The largest absolute Gasteiger partial charge is 0.492 e. The zero-order valence-corrected chi connectivity index (χ0v) is 13.5. The molecule has 0 radical (unpaired) electrons. The molecule has 2 aromatic rings. The molecule has 0 bridgehead atoms. The number of thioether (sulfide) groups is 1. The maximum absolute atomic E-state index is 6.23. The van der Waals surface area contributed by atoms with E-state index in [0.29, 0.717) is 18.6 Å². The lowest BCUT2D eigenvalue weighted by Crippen LogP contribution is -2.21. The Bertz CT molecular complexity index is 625. The molecule has 1 aromatic carbocycles. The van der Waals surface area contributed by atoms with E-state index in [4.69, 9.17) is 10.5 Å². The van der Waals surface area contributed by atoms with Crippen LogP contribution in [0.4, 0.5) is 5.95 Å². The normalized spacial score (nSPS) is 22.6. The smallest absolute Gasteiger partial charge is 0.201 e. The lowest BCUT2D eigenvalue weighted by molar-refractivity contribution is 0.343. The molecule has 1 fully saturated rings. The predicted molar refractivity (Wildman–Crippen MR) is 90.1 cm³/mol. The second-order valence-corrected chi connectivity index (χ2v) is 6.71. The van der Waals surface area contributed by atoms with E-state index in [1.165, 1.54) is 25.7 Å². The number of aromatic nitrogens is 2. The molecule has 0 spiro atoms. The summed E-state index contributed by atoms with van der Waals surface area (Å²) in [7, 11) is 0. The Kier molecular flexibility index (Phi) is 4.29. The number of nitrogens with two attached hydrogens (primary N) is 1. The van der Waals surface area contributed by atoms with Gasteiger partial charge in [0.05, 0.1) is 12.1 Å². The van der Waals surface area contributed by atoms with Crippen molar-refractivity contribution in [2.45, 2.75) is 43.9 Å². The van der Waals surface area contributed by atoms with E-state index in [9.17, 15) is 0 Å². The Labute approximate surface area is 130 Å². The summed E-state index contributed by atoms with van der Waals surface area (Å²) < 4.78 is 7.90. The van der Waals surface area contributed by atoms with Crippen LogP contribution in [-0.4, -0.2) is 27.7 Å². The first-order valence-electron chi connectivity index (χ1n) is 7.66. The number of nitrogens with zero attached hydrogens (tertiary/aromatic N) is 2. The minimum absolute atomic E-state index is 0.457. The quantitative estimate of drug-likeness (QED) is 0.932. The second kappa shape index (κ2) is 6.18. The summed E-state index contributed by atoms with van der Waals surface area (Å²) in [5, 5.41) is 0.732. The van der Waals surface area contributed by atoms with Crippen molar-refractivity contribution in [1.82, 2.24) is 9.55 Å². The van der Waals surface area contributed by atoms with Crippen LogP contribution in [0.3, 0.4) is 0 Å². The molecule has 2 atom stereocenters. The van der Waals surface area contributed by atoms with Crippen LogP contribution in [0.1, 0.15) is 38.6 Å². The molecule has 0 saturated heterocycles. The van der Waals surface area contributed by atoms with Crippen molar-refractivity contribution in [2.24, 2.45) is 0 Å². The molecule has 5 heteroatoms. The molecular formula is C16H23N3OS. The van der Waals surface area contributed by atoms with Crippen LogP contribution in [0.25, 0.3) is 11.0 Å². The van der Waals surface area contributed by atoms with Gasteiger partial charge in [0.15, 0.2) is 0 Å². The minimum atomic E-state index is 0.457. The van der Waals surface area contributed by atoms with Gasteiger partial charge in [0, 0.05) is 11.3 Å². The monoisotopic (exact) mass is 305 g/mol. The summed E-state index contributed by atoms with van der Waals surface area (Å²) in [5.41, 5.74) is 8.22. The number of hydrogen-bond donors (Lipinski definition) is 1. The van der Waals surface area contributed by atoms with E-state index < -0.39 is 0 Å². The van der Waals surface area contributed by atoms with Crippen LogP contribution >= 0.6 is 11.8 Å². The fraction of sp³-hybridized carbons (Fsp3) is 0.562. The van der Waals surface area contributed by atoms with Gasteiger partial charge < -0.3 is 15.0 Å². The summed E-state index contributed by atoms with van der Waals surface area (Å²) in [6.45, 7) is 2.63. The molecule has 1 aliphatic carbocycles. The van der Waals surface area contributed by atoms with Crippen molar-refractivity contribution in [2.75, 3.05) is 18.6 Å². The van der Waals surface area contributed by atoms with Gasteiger partial charge in [0.1, 0.15) is 11.3 Å². The average molecular weight is 305 g/mol. The molecule has 1 aliphatic rings. The number of anilines is 1.